The molecule has 0 saturated carbocycles. The first kappa shape index (κ1) is 16.0. The van der Waals surface area contributed by atoms with E-state index in [1.165, 1.54) is 30.3 Å². The summed E-state index contributed by atoms with van der Waals surface area (Å²) < 4.78 is 0. The molecule has 0 bridgehead atoms. The summed E-state index contributed by atoms with van der Waals surface area (Å²) in [7, 11) is 0. The van der Waals surface area contributed by atoms with Crippen LogP contribution in [0.2, 0.25) is 0 Å². The molecule has 112 valence electrons. The van der Waals surface area contributed by atoms with Crippen LogP contribution in [0.5, 0.6) is 0 Å². The lowest BCUT2D eigenvalue weighted by Gasteiger charge is -2.05. The second kappa shape index (κ2) is 6.60. The van der Waals surface area contributed by atoms with Crippen LogP contribution in [0.3, 0.4) is 0 Å². The van der Waals surface area contributed by atoms with Crippen molar-refractivity contribution in [2.75, 3.05) is 0 Å². The summed E-state index contributed by atoms with van der Waals surface area (Å²) in [5.74, 6) is -1.07. The van der Waals surface area contributed by atoms with Crippen LogP contribution in [0.25, 0.3) is 0 Å². The van der Waals surface area contributed by atoms with Crippen molar-refractivity contribution in [3.05, 3.63) is 63.2 Å². The van der Waals surface area contributed by atoms with Crippen LogP contribution in [0, 0.1) is 32.8 Å². The minimum absolute atomic E-state index is 0.0442. The number of aromatic carboxylic acids is 1. The molecule has 23 heavy (non-hydrogen) atoms. The third-order valence-electron chi connectivity index (χ3n) is 2.87. The molecule has 0 heterocycles. The van der Waals surface area contributed by atoms with Crippen LogP contribution in [-0.2, 0) is 0 Å². The minimum atomic E-state index is -1.07. The van der Waals surface area contributed by atoms with Gasteiger partial charge in [-0.25, -0.2) is 4.79 Å². The van der Waals surface area contributed by atoms with E-state index in [1.54, 1.807) is 6.07 Å². The Bertz CT molecular complexity index is 879. The Labute approximate surface area is 134 Å². The van der Waals surface area contributed by atoms with Crippen molar-refractivity contribution >= 4 is 23.4 Å². The zero-order valence-electron chi connectivity index (χ0n) is 11.4. The summed E-state index contributed by atoms with van der Waals surface area (Å²) in [4.78, 5) is 22.1. The van der Waals surface area contributed by atoms with Gasteiger partial charge >= 0.3 is 5.97 Å². The number of rotatable bonds is 4. The number of hydrogen-bond acceptors (Lipinski definition) is 6. The standard InChI is InChI=1S/C15H7N3O4S/c16-7-10-5-13(18(21)22)14(6-11(10)8-17)23-12-3-1-9(2-4-12)15(19)20/h1-6H,(H,19,20). The molecule has 7 nitrogen and oxygen atoms in total. The van der Waals surface area contributed by atoms with Crippen LogP contribution < -0.4 is 0 Å². The monoisotopic (exact) mass is 325 g/mol. The molecule has 0 atom stereocenters. The number of hydrogen-bond donors (Lipinski definition) is 1. The van der Waals surface area contributed by atoms with Gasteiger partial charge in [-0.15, -0.1) is 0 Å². The number of carbonyl (C=O) groups is 1. The molecule has 0 spiro atoms. The van der Waals surface area contributed by atoms with Gasteiger partial charge in [0.15, 0.2) is 0 Å². The summed E-state index contributed by atoms with van der Waals surface area (Å²) in [6.45, 7) is 0. The molecule has 1 N–H and O–H groups in total. The molecule has 2 aromatic rings. The third-order valence-corrected chi connectivity index (χ3v) is 3.92. The molecule has 0 aliphatic rings. The largest absolute Gasteiger partial charge is 0.478 e. The normalized spacial score (nSPS) is 9.65. The lowest BCUT2D eigenvalue weighted by molar-refractivity contribution is -0.387. The Hall–Kier alpha value is -3.36. The van der Waals surface area contributed by atoms with Gasteiger partial charge in [-0.3, -0.25) is 10.1 Å². The Balaban J connectivity index is 2.46. The maximum absolute atomic E-state index is 11.1. The average Bonchev–Trinajstić information content (AvgIpc) is 2.54. The lowest BCUT2D eigenvalue weighted by atomic mass is 10.1. The topological polar surface area (TPSA) is 128 Å². The molecule has 0 radical (unpaired) electrons. The first-order valence-electron chi connectivity index (χ1n) is 6.10. The summed E-state index contributed by atoms with van der Waals surface area (Å²) >= 11 is 1.02. The highest BCUT2D eigenvalue weighted by molar-refractivity contribution is 7.99. The summed E-state index contributed by atoms with van der Waals surface area (Å²) in [5, 5.41) is 37.9. The van der Waals surface area contributed by atoms with Gasteiger partial charge in [-0.2, -0.15) is 10.5 Å². The van der Waals surface area contributed by atoms with Crippen molar-refractivity contribution in [3.63, 3.8) is 0 Å². The Kier molecular flexibility index (Phi) is 4.60. The van der Waals surface area contributed by atoms with Crippen LogP contribution in [0.1, 0.15) is 21.5 Å². The summed E-state index contributed by atoms with van der Waals surface area (Å²) in [5.41, 5.74) is -0.207. The van der Waals surface area contributed by atoms with Crippen molar-refractivity contribution < 1.29 is 14.8 Å². The van der Waals surface area contributed by atoms with Gasteiger partial charge < -0.3 is 5.11 Å². The Morgan fingerprint density at radius 1 is 1.13 bits per heavy atom. The van der Waals surface area contributed by atoms with Gasteiger partial charge in [0.05, 0.1) is 26.5 Å². The number of nitrogens with zero attached hydrogens (tertiary/aromatic N) is 3. The van der Waals surface area contributed by atoms with E-state index in [1.807, 2.05) is 6.07 Å². The van der Waals surface area contributed by atoms with E-state index in [0.29, 0.717) is 4.90 Å². The number of nitro groups is 1. The predicted molar refractivity (Wildman–Crippen MR) is 80.1 cm³/mol. The lowest BCUT2D eigenvalue weighted by Crippen LogP contribution is -1.96. The zero-order valence-corrected chi connectivity index (χ0v) is 12.2. The summed E-state index contributed by atoms with van der Waals surface area (Å²) in [6.07, 6.45) is 0. The van der Waals surface area contributed by atoms with Crippen LogP contribution in [0.15, 0.2) is 46.2 Å². The molecule has 2 aromatic carbocycles. The Morgan fingerprint density at radius 2 is 1.70 bits per heavy atom. The fourth-order valence-electron chi connectivity index (χ4n) is 1.77. The molecule has 0 aliphatic carbocycles. The highest BCUT2D eigenvalue weighted by Gasteiger charge is 2.19. The molecule has 0 aromatic heterocycles. The first-order valence-corrected chi connectivity index (χ1v) is 6.91. The van der Waals surface area contributed by atoms with Crippen molar-refractivity contribution in [2.45, 2.75) is 9.79 Å². The van der Waals surface area contributed by atoms with Gasteiger partial charge in [0.25, 0.3) is 5.69 Å². The second-order valence-corrected chi connectivity index (χ2v) is 5.39. The van der Waals surface area contributed by atoms with Crippen LogP contribution in [0.4, 0.5) is 5.69 Å². The second-order valence-electron chi connectivity index (χ2n) is 4.28. The highest BCUT2D eigenvalue weighted by atomic mass is 32.2. The number of nitriles is 2. The minimum Gasteiger partial charge on any atom is -0.478 e. The quantitative estimate of drug-likeness (QED) is 0.675. The van der Waals surface area contributed by atoms with E-state index in [2.05, 4.69) is 0 Å². The van der Waals surface area contributed by atoms with E-state index >= 15 is 0 Å². The van der Waals surface area contributed by atoms with Gasteiger partial charge in [-0.1, -0.05) is 11.8 Å². The maximum Gasteiger partial charge on any atom is 0.335 e. The van der Waals surface area contributed by atoms with Crippen molar-refractivity contribution in [3.8, 4) is 12.1 Å². The summed E-state index contributed by atoms with van der Waals surface area (Å²) in [6, 6.07) is 11.7. The van der Waals surface area contributed by atoms with Crippen molar-refractivity contribution in [2.24, 2.45) is 0 Å². The Morgan fingerprint density at radius 3 is 2.17 bits per heavy atom. The molecule has 8 heteroatoms. The number of carboxylic acid groups (broad SMARTS) is 1. The van der Waals surface area contributed by atoms with Gasteiger partial charge in [0, 0.05) is 11.0 Å². The maximum atomic E-state index is 11.1. The first-order chi connectivity index (χ1) is 11.0. The van der Waals surface area contributed by atoms with E-state index in [4.69, 9.17) is 15.6 Å². The number of benzene rings is 2. The van der Waals surface area contributed by atoms with Crippen molar-refractivity contribution in [1.82, 2.24) is 0 Å². The number of nitro benzene ring substituents is 1. The highest BCUT2D eigenvalue weighted by Crippen LogP contribution is 2.36. The van der Waals surface area contributed by atoms with E-state index < -0.39 is 10.9 Å². The molecule has 0 saturated heterocycles. The van der Waals surface area contributed by atoms with Gasteiger partial charge in [-0.05, 0) is 30.3 Å². The smallest absolute Gasteiger partial charge is 0.335 e. The van der Waals surface area contributed by atoms with E-state index in [9.17, 15) is 14.9 Å². The molecule has 0 unspecified atom stereocenters. The molecular weight excluding hydrogens is 318 g/mol. The number of carboxylic acids is 1. The van der Waals surface area contributed by atoms with Gasteiger partial charge in [0.2, 0.25) is 0 Å². The average molecular weight is 325 g/mol. The van der Waals surface area contributed by atoms with Crippen LogP contribution in [-0.4, -0.2) is 16.0 Å². The van der Waals surface area contributed by atoms with Crippen molar-refractivity contribution in [1.29, 1.82) is 10.5 Å². The van der Waals surface area contributed by atoms with E-state index in [0.717, 1.165) is 17.8 Å². The third kappa shape index (κ3) is 3.46. The molecule has 0 amide bonds. The SMILES string of the molecule is N#Cc1cc(Sc2ccc(C(=O)O)cc2)c([N+](=O)[O-])cc1C#N. The zero-order chi connectivity index (χ0) is 17.0. The van der Waals surface area contributed by atoms with Gasteiger partial charge in [0.1, 0.15) is 12.1 Å². The van der Waals surface area contributed by atoms with E-state index in [-0.39, 0.29) is 27.3 Å². The predicted octanol–water partition coefficient (Wildman–Crippen LogP) is 3.19. The molecular formula is C15H7N3O4S. The fraction of sp³-hybridized carbons (Fsp3) is 0. The molecule has 0 fully saturated rings. The molecule has 2 rings (SSSR count). The fourth-order valence-corrected chi connectivity index (χ4v) is 2.71. The molecule has 0 aliphatic heterocycles. The van der Waals surface area contributed by atoms with Crippen LogP contribution >= 0.6 is 11.8 Å².